The molecule has 6 heteroatoms. The Kier molecular flexibility index (Phi) is 5.38. The molecule has 1 atom stereocenters. The monoisotopic (exact) mass is 480 g/mol. The highest BCUT2D eigenvalue weighted by atomic mass is 32.1. The van der Waals surface area contributed by atoms with Crippen LogP contribution in [0.5, 0.6) is 11.5 Å². The van der Waals surface area contributed by atoms with Gasteiger partial charge in [-0.15, -0.1) is 0 Å². The summed E-state index contributed by atoms with van der Waals surface area (Å²) in [4.78, 5) is 19.6. The van der Waals surface area contributed by atoms with E-state index in [1.807, 2.05) is 47.0 Å². The molecule has 2 aliphatic rings. The molecule has 1 aliphatic heterocycles. The van der Waals surface area contributed by atoms with Crippen molar-refractivity contribution in [3.8, 4) is 11.5 Å². The first-order chi connectivity index (χ1) is 17.2. The van der Waals surface area contributed by atoms with E-state index in [0.29, 0.717) is 16.0 Å². The lowest BCUT2D eigenvalue weighted by Gasteiger charge is -2.30. The van der Waals surface area contributed by atoms with Crippen molar-refractivity contribution < 1.29 is 9.47 Å². The van der Waals surface area contributed by atoms with Crippen LogP contribution < -0.4 is 24.4 Å². The zero-order chi connectivity index (χ0) is 23.9. The Labute approximate surface area is 206 Å². The fourth-order valence-corrected chi connectivity index (χ4v) is 6.05. The lowest BCUT2D eigenvalue weighted by atomic mass is 9.83. The molecule has 0 radical (unpaired) electrons. The third-order valence-corrected chi connectivity index (χ3v) is 7.68. The number of aromatic nitrogens is 1. The molecule has 0 N–H and O–H groups in total. The van der Waals surface area contributed by atoms with Gasteiger partial charge in [0.05, 0.1) is 30.5 Å². The zero-order valence-corrected chi connectivity index (χ0v) is 20.3. The number of rotatable bonds is 4. The van der Waals surface area contributed by atoms with E-state index in [4.69, 9.17) is 14.5 Å². The summed E-state index contributed by atoms with van der Waals surface area (Å²) in [6.45, 7) is 0. The largest absolute Gasteiger partial charge is 0.493 e. The van der Waals surface area contributed by atoms with Gasteiger partial charge in [0.2, 0.25) is 0 Å². The average Bonchev–Trinajstić information content (AvgIpc) is 3.22. The summed E-state index contributed by atoms with van der Waals surface area (Å²) in [5.41, 5.74) is 6.66. The minimum Gasteiger partial charge on any atom is -0.493 e. The van der Waals surface area contributed by atoms with Gasteiger partial charge in [0, 0.05) is 5.56 Å². The van der Waals surface area contributed by atoms with E-state index in [1.54, 1.807) is 14.2 Å². The van der Waals surface area contributed by atoms with Crippen molar-refractivity contribution in [2.75, 3.05) is 14.2 Å². The Bertz CT molecular complexity index is 1650. The van der Waals surface area contributed by atoms with Gasteiger partial charge < -0.3 is 9.47 Å². The summed E-state index contributed by atoms with van der Waals surface area (Å²) in [6, 6.07) is 24.3. The summed E-state index contributed by atoms with van der Waals surface area (Å²) < 4.78 is 13.3. The highest BCUT2D eigenvalue weighted by molar-refractivity contribution is 7.07. The van der Waals surface area contributed by atoms with E-state index in [-0.39, 0.29) is 11.6 Å². The fourth-order valence-electron chi connectivity index (χ4n) is 5.05. The maximum atomic E-state index is 13.8. The van der Waals surface area contributed by atoms with E-state index >= 15 is 0 Å². The van der Waals surface area contributed by atoms with Gasteiger partial charge in [-0.25, -0.2) is 4.99 Å². The van der Waals surface area contributed by atoms with Crippen molar-refractivity contribution in [3.63, 3.8) is 0 Å². The molecule has 0 saturated carbocycles. The topological polar surface area (TPSA) is 52.8 Å². The molecule has 0 bridgehead atoms. The Hall–Kier alpha value is -3.90. The Morgan fingerprint density at radius 3 is 2.51 bits per heavy atom. The Morgan fingerprint density at radius 1 is 0.943 bits per heavy atom. The van der Waals surface area contributed by atoms with Gasteiger partial charge in [0.1, 0.15) is 0 Å². The number of thiazole rings is 1. The molecule has 1 aromatic heterocycles. The number of allylic oxidation sites excluding steroid dienone is 1. The molecule has 3 aromatic carbocycles. The molecular weight excluding hydrogens is 456 g/mol. The van der Waals surface area contributed by atoms with Crippen LogP contribution in [0.3, 0.4) is 0 Å². The normalized spacial score (nSPS) is 16.7. The van der Waals surface area contributed by atoms with Gasteiger partial charge >= 0.3 is 0 Å². The molecule has 4 aromatic rings. The number of aryl methyl sites for hydroxylation is 1. The number of hydrogen-bond acceptors (Lipinski definition) is 5. The van der Waals surface area contributed by atoms with Crippen molar-refractivity contribution in [2.45, 2.75) is 18.9 Å². The number of hydrogen-bond donors (Lipinski definition) is 0. The van der Waals surface area contributed by atoms with Gasteiger partial charge in [-0.2, -0.15) is 0 Å². The number of fused-ring (bicyclic) bond motifs is 3. The molecule has 1 unspecified atom stereocenters. The van der Waals surface area contributed by atoms with Crippen LogP contribution >= 0.6 is 11.3 Å². The van der Waals surface area contributed by atoms with Crippen LogP contribution in [-0.2, 0) is 6.42 Å². The van der Waals surface area contributed by atoms with E-state index in [9.17, 15) is 4.79 Å². The van der Waals surface area contributed by atoms with E-state index in [1.165, 1.54) is 28.0 Å². The summed E-state index contributed by atoms with van der Waals surface area (Å²) in [5, 5.41) is 0. The first-order valence-electron chi connectivity index (χ1n) is 11.6. The number of ether oxygens (including phenoxy) is 2. The number of methoxy groups -OCH3 is 2. The third-order valence-electron chi connectivity index (χ3n) is 6.69. The van der Waals surface area contributed by atoms with Crippen LogP contribution in [0.25, 0.3) is 11.8 Å². The standard InChI is InChI=1S/C29H24N2O3S/c1-33-23-15-12-18(16-24(23)34-2)17-25-28(32)31-27(20-9-4-3-5-10-20)22-14-13-19-8-6-7-11-21(19)26(22)30-29(31)35-25/h3-12,15-17,27H,13-14H2,1-2H3. The van der Waals surface area contributed by atoms with Crippen LogP contribution in [0.4, 0.5) is 0 Å². The maximum Gasteiger partial charge on any atom is 0.271 e. The molecular formula is C29H24N2O3S. The van der Waals surface area contributed by atoms with Crippen molar-refractivity contribution in [1.82, 2.24) is 4.57 Å². The molecule has 35 heavy (non-hydrogen) atoms. The number of nitrogens with zero attached hydrogens (tertiary/aromatic N) is 2. The highest BCUT2D eigenvalue weighted by Crippen LogP contribution is 2.41. The predicted octanol–water partition coefficient (Wildman–Crippen LogP) is 4.34. The maximum absolute atomic E-state index is 13.8. The van der Waals surface area contributed by atoms with Crippen LogP contribution in [-0.4, -0.2) is 18.8 Å². The zero-order valence-electron chi connectivity index (χ0n) is 19.5. The number of benzene rings is 3. The van der Waals surface area contributed by atoms with Crippen molar-refractivity contribution in [3.05, 3.63) is 120 Å². The van der Waals surface area contributed by atoms with Gasteiger partial charge in [-0.05, 0) is 53.3 Å². The molecule has 0 fully saturated rings. The van der Waals surface area contributed by atoms with E-state index in [2.05, 4.69) is 36.4 Å². The molecule has 5 nitrogen and oxygen atoms in total. The second kappa shape index (κ2) is 8.71. The lowest BCUT2D eigenvalue weighted by Crippen LogP contribution is -2.38. The van der Waals surface area contributed by atoms with Crippen LogP contribution in [0.2, 0.25) is 0 Å². The fraction of sp³-hybridized carbons (Fsp3) is 0.172. The summed E-state index contributed by atoms with van der Waals surface area (Å²) in [7, 11) is 3.22. The van der Waals surface area contributed by atoms with Gasteiger partial charge in [-0.1, -0.05) is 72.0 Å². The predicted molar refractivity (Wildman–Crippen MR) is 139 cm³/mol. The van der Waals surface area contributed by atoms with Crippen molar-refractivity contribution in [2.24, 2.45) is 4.99 Å². The minimum atomic E-state index is -0.164. The van der Waals surface area contributed by atoms with Gasteiger partial charge in [0.15, 0.2) is 16.3 Å². The molecule has 2 heterocycles. The smallest absolute Gasteiger partial charge is 0.271 e. The average molecular weight is 481 g/mol. The highest BCUT2D eigenvalue weighted by Gasteiger charge is 2.32. The van der Waals surface area contributed by atoms with Gasteiger partial charge in [-0.3, -0.25) is 9.36 Å². The summed E-state index contributed by atoms with van der Waals surface area (Å²) in [6.07, 6.45) is 3.74. The van der Waals surface area contributed by atoms with E-state index in [0.717, 1.165) is 34.5 Å². The van der Waals surface area contributed by atoms with Crippen LogP contribution in [0, 0.1) is 0 Å². The second-order valence-electron chi connectivity index (χ2n) is 8.64. The molecule has 174 valence electrons. The Balaban J connectivity index is 1.58. The van der Waals surface area contributed by atoms with Gasteiger partial charge in [0.25, 0.3) is 5.56 Å². The van der Waals surface area contributed by atoms with Crippen LogP contribution in [0.1, 0.15) is 34.7 Å². The molecule has 6 rings (SSSR count). The summed E-state index contributed by atoms with van der Waals surface area (Å²) >= 11 is 1.43. The van der Waals surface area contributed by atoms with Crippen molar-refractivity contribution in [1.29, 1.82) is 0 Å². The second-order valence-corrected chi connectivity index (χ2v) is 9.65. The molecule has 0 spiro atoms. The SMILES string of the molecule is COc1ccc(C=c2sc3n(c2=O)C(c2ccccc2)C2=C(N=3)c3ccccc3CC2)cc1OC. The minimum absolute atomic E-state index is 0.0252. The molecule has 1 aliphatic carbocycles. The Morgan fingerprint density at radius 2 is 1.71 bits per heavy atom. The molecule has 0 amide bonds. The summed E-state index contributed by atoms with van der Waals surface area (Å²) in [5.74, 6) is 1.28. The van der Waals surface area contributed by atoms with Crippen LogP contribution in [0.15, 0.2) is 88.2 Å². The third kappa shape index (κ3) is 3.61. The first-order valence-corrected chi connectivity index (χ1v) is 12.4. The van der Waals surface area contributed by atoms with Crippen molar-refractivity contribution >= 4 is 23.1 Å². The van der Waals surface area contributed by atoms with E-state index < -0.39 is 0 Å². The molecule has 0 saturated heterocycles. The quantitative estimate of drug-likeness (QED) is 0.437. The lowest BCUT2D eigenvalue weighted by molar-refractivity contribution is 0.355. The first kappa shape index (κ1) is 21.6.